The van der Waals surface area contributed by atoms with Gasteiger partial charge >= 0.3 is 29.6 Å². The van der Waals surface area contributed by atoms with E-state index in [1.165, 1.54) is 5.01 Å². The summed E-state index contributed by atoms with van der Waals surface area (Å²) in [6.07, 6.45) is 1.72. The first-order valence-corrected chi connectivity index (χ1v) is 3.94. The van der Waals surface area contributed by atoms with Crippen LogP contribution < -0.4 is 29.6 Å². The molecule has 13 heavy (non-hydrogen) atoms. The Labute approximate surface area is 98.6 Å². The van der Waals surface area contributed by atoms with E-state index in [0.29, 0.717) is 13.1 Å². The Hall–Kier alpha value is -0.0400. The van der Waals surface area contributed by atoms with Crippen LogP contribution in [0.25, 0.3) is 0 Å². The number of rotatable bonds is 2. The van der Waals surface area contributed by atoms with Gasteiger partial charge in [-0.1, -0.05) is 0 Å². The van der Waals surface area contributed by atoms with Crippen LogP contribution in [0.2, 0.25) is 0 Å². The fourth-order valence-electron chi connectivity index (χ4n) is 1.40. The minimum Gasteiger partial charge on any atom is -0.737 e. The molecule has 0 radical (unpaired) electrons. The Morgan fingerprint density at radius 2 is 2.31 bits per heavy atom. The first-order chi connectivity index (χ1) is 5.77. The van der Waals surface area contributed by atoms with E-state index in [1.807, 2.05) is 0 Å². The van der Waals surface area contributed by atoms with Gasteiger partial charge in [-0.05, 0) is 18.1 Å². The van der Waals surface area contributed by atoms with Gasteiger partial charge in [0.25, 0.3) is 0 Å². The van der Waals surface area contributed by atoms with Crippen molar-refractivity contribution in [1.29, 1.82) is 0 Å². The quantitative estimate of drug-likeness (QED) is 0.222. The summed E-state index contributed by atoms with van der Waals surface area (Å²) in [7, 11) is 0. The van der Waals surface area contributed by atoms with Gasteiger partial charge in [0.2, 0.25) is 0 Å². The van der Waals surface area contributed by atoms with Gasteiger partial charge in [0, 0.05) is 17.5 Å². The van der Waals surface area contributed by atoms with Gasteiger partial charge in [0.05, 0.1) is 13.1 Å². The summed E-state index contributed by atoms with van der Waals surface area (Å²) in [6, 6.07) is 0. The van der Waals surface area contributed by atoms with Gasteiger partial charge in [-0.2, -0.15) is 0 Å². The summed E-state index contributed by atoms with van der Waals surface area (Å²) >= 11 is 0. The summed E-state index contributed by atoms with van der Waals surface area (Å²) in [4.78, 5) is 0.0574. The van der Waals surface area contributed by atoms with E-state index in [9.17, 15) is 10.4 Å². The average molecular weight is 197 g/mol. The molecular formula is C6H12N3NaO3. The van der Waals surface area contributed by atoms with Crippen molar-refractivity contribution in [3.05, 3.63) is 10.4 Å². The molecule has 70 valence electrons. The predicted octanol–water partition coefficient (Wildman–Crippen LogP) is -2.93. The van der Waals surface area contributed by atoms with Gasteiger partial charge in [-0.15, -0.1) is 5.01 Å². The van der Waals surface area contributed by atoms with E-state index >= 15 is 0 Å². The summed E-state index contributed by atoms with van der Waals surface area (Å²) in [5, 5.41) is 32.9. The van der Waals surface area contributed by atoms with Crippen molar-refractivity contribution in [1.82, 2.24) is 5.01 Å². The van der Waals surface area contributed by atoms with Gasteiger partial charge in [0.1, 0.15) is 0 Å². The number of nitrogens with zero attached hydrogens (tertiary/aromatic N) is 3. The zero-order valence-corrected chi connectivity index (χ0v) is 9.72. The number of aliphatic hydroxyl groups is 1. The molecule has 1 aliphatic rings. The molecule has 0 spiro atoms. The molecule has 0 amide bonds. The molecule has 6 nitrogen and oxygen atoms in total. The summed E-state index contributed by atoms with van der Waals surface area (Å²) in [6.45, 7) is 1.03. The SMILES string of the molecule is [Na+].[O-]/N=[N+](/[O-])N1CCCC(CO)C1. The molecule has 0 saturated carbocycles. The third-order valence-corrected chi connectivity index (χ3v) is 2.07. The van der Waals surface area contributed by atoms with Crippen LogP contribution in [-0.4, -0.2) is 34.8 Å². The van der Waals surface area contributed by atoms with Crippen LogP contribution >= 0.6 is 0 Å². The first-order valence-electron chi connectivity index (χ1n) is 3.94. The van der Waals surface area contributed by atoms with Gasteiger partial charge in [-0.25, -0.2) is 0 Å². The van der Waals surface area contributed by atoms with Gasteiger partial charge in [-0.3, -0.25) is 0 Å². The van der Waals surface area contributed by atoms with Crippen LogP contribution in [0.3, 0.4) is 0 Å². The van der Waals surface area contributed by atoms with E-state index in [-0.39, 0.29) is 47.1 Å². The van der Waals surface area contributed by atoms with Crippen molar-refractivity contribution in [2.45, 2.75) is 12.8 Å². The maximum absolute atomic E-state index is 10.7. The smallest absolute Gasteiger partial charge is 0.737 e. The van der Waals surface area contributed by atoms with Crippen molar-refractivity contribution in [2.75, 3.05) is 19.7 Å². The third-order valence-electron chi connectivity index (χ3n) is 2.07. The Balaban J connectivity index is 0.00000144. The molecule has 1 heterocycles. The molecule has 1 saturated heterocycles. The molecule has 1 rings (SSSR count). The number of hydrogen-bond acceptors (Lipinski definition) is 4. The Bertz CT molecular complexity index is 179. The van der Waals surface area contributed by atoms with Crippen molar-refractivity contribution in [2.24, 2.45) is 11.2 Å². The van der Waals surface area contributed by atoms with E-state index in [4.69, 9.17) is 5.11 Å². The second kappa shape index (κ2) is 6.42. The molecule has 1 N–H and O–H groups in total. The molecule has 0 aromatic carbocycles. The van der Waals surface area contributed by atoms with Crippen molar-refractivity contribution in [3.63, 3.8) is 0 Å². The Morgan fingerprint density at radius 3 is 2.85 bits per heavy atom. The fourth-order valence-corrected chi connectivity index (χ4v) is 1.40. The van der Waals surface area contributed by atoms with Crippen LogP contribution in [0.1, 0.15) is 12.8 Å². The van der Waals surface area contributed by atoms with Crippen molar-refractivity contribution < 1.29 is 39.6 Å². The molecule has 1 atom stereocenters. The van der Waals surface area contributed by atoms with Gasteiger partial charge in [0.15, 0.2) is 0 Å². The van der Waals surface area contributed by atoms with E-state index in [2.05, 4.69) is 5.28 Å². The second-order valence-electron chi connectivity index (χ2n) is 2.94. The summed E-state index contributed by atoms with van der Waals surface area (Å²) in [5.74, 6) is 0.0944. The molecule has 0 aromatic heterocycles. The minimum absolute atomic E-state index is 0. The van der Waals surface area contributed by atoms with Crippen molar-refractivity contribution >= 4 is 0 Å². The van der Waals surface area contributed by atoms with Crippen LogP contribution in [0, 0.1) is 16.3 Å². The molecule has 0 bridgehead atoms. The van der Waals surface area contributed by atoms with E-state index in [1.54, 1.807) is 0 Å². The second-order valence-corrected chi connectivity index (χ2v) is 2.94. The average Bonchev–Trinajstić information content (AvgIpc) is 2.17. The Morgan fingerprint density at radius 1 is 1.62 bits per heavy atom. The van der Waals surface area contributed by atoms with Crippen molar-refractivity contribution in [3.8, 4) is 0 Å². The predicted molar refractivity (Wildman–Crippen MR) is 40.8 cm³/mol. The summed E-state index contributed by atoms with van der Waals surface area (Å²) < 4.78 is 0. The monoisotopic (exact) mass is 197 g/mol. The number of piperidine rings is 1. The van der Waals surface area contributed by atoms with E-state index < -0.39 is 0 Å². The minimum atomic E-state index is 0. The first kappa shape index (κ1) is 13.0. The zero-order valence-electron chi connectivity index (χ0n) is 7.72. The van der Waals surface area contributed by atoms with Crippen LogP contribution in [0.5, 0.6) is 0 Å². The van der Waals surface area contributed by atoms with E-state index in [0.717, 1.165) is 12.8 Å². The number of hydrogen-bond donors (Lipinski definition) is 1. The topological polar surface area (TPSA) is 85.0 Å². The maximum atomic E-state index is 10.7. The maximum Gasteiger partial charge on any atom is 1.00 e. The van der Waals surface area contributed by atoms with Crippen LogP contribution in [-0.2, 0) is 0 Å². The molecule has 1 fully saturated rings. The molecule has 0 aliphatic carbocycles. The molecular weight excluding hydrogens is 185 g/mol. The largest absolute Gasteiger partial charge is 1.00 e. The molecule has 7 heteroatoms. The molecule has 0 aromatic rings. The van der Waals surface area contributed by atoms with Crippen LogP contribution in [0.4, 0.5) is 0 Å². The Kier molecular flexibility index (Phi) is 6.40. The normalized spacial score (nSPS) is 23.9. The third kappa shape index (κ3) is 3.68. The number of aliphatic hydroxyl groups excluding tert-OH is 1. The zero-order chi connectivity index (χ0) is 8.97. The molecule has 1 unspecified atom stereocenters. The number of hydrazine groups is 1. The standard InChI is InChI=1S/C6H13N3O3.Na/c10-5-6-2-1-3-8(4-6)9(12)7-11;/h6,10-11H,1-5H2;/q;+1/p-1/b9-7+;. The fraction of sp³-hybridized carbons (Fsp3) is 1.00. The summed E-state index contributed by atoms with van der Waals surface area (Å²) in [5.41, 5.74) is 0. The van der Waals surface area contributed by atoms with Crippen LogP contribution in [0.15, 0.2) is 5.28 Å². The molecule has 1 aliphatic heterocycles. The van der Waals surface area contributed by atoms with Gasteiger partial charge < -0.3 is 15.5 Å².